The van der Waals surface area contributed by atoms with E-state index >= 15 is 4.39 Å². The third kappa shape index (κ3) is 3.29. The molecule has 1 N–H and O–H groups in total. The highest BCUT2D eigenvalue weighted by Gasteiger charge is 2.70. The number of carbonyl (C=O) groups excluding carboxylic acids is 3. The molecule has 0 aliphatic carbocycles. The van der Waals surface area contributed by atoms with Crippen LogP contribution < -0.4 is 10.2 Å². The molecule has 7 heteroatoms. The van der Waals surface area contributed by atoms with E-state index in [1.54, 1.807) is 36.4 Å². The topological polar surface area (TPSA) is 66.5 Å². The molecule has 0 saturated carbocycles. The van der Waals surface area contributed by atoms with Crippen molar-refractivity contribution < 1.29 is 18.8 Å². The number of hydrogen-bond acceptors (Lipinski definition) is 4. The van der Waals surface area contributed by atoms with Gasteiger partial charge in [0.1, 0.15) is 17.3 Å². The lowest BCUT2D eigenvalue weighted by Crippen LogP contribution is -2.51. The van der Waals surface area contributed by atoms with E-state index in [2.05, 4.69) is 5.32 Å². The molecule has 40 heavy (non-hydrogen) atoms. The molecule has 4 atom stereocenters. The molecule has 5 nitrogen and oxygen atoms in total. The van der Waals surface area contributed by atoms with Gasteiger partial charge in [-0.05, 0) is 59.7 Å². The molecule has 0 radical (unpaired) electrons. The summed E-state index contributed by atoms with van der Waals surface area (Å²) in [5, 5.41) is 3.44. The van der Waals surface area contributed by atoms with Gasteiger partial charge in [-0.15, -0.1) is 0 Å². The van der Waals surface area contributed by atoms with E-state index in [-0.39, 0.29) is 11.5 Å². The summed E-state index contributed by atoms with van der Waals surface area (Å²) in [5.41, 5.74) is 1.50. The first kappa shape index (κ1) is 24.5. The van der Waals surface area contributed by atoms with Gasteiger partial charge in [-0.1, -0.05) is 72.3 Å². The lowest BCUT2D eigenvalue weighted by molar-refractivity contribution is -0.121. The van der Waals surface area contributed by atoms with Crippen LogP contribution in [0.25, 0.3) is 6.08 Å². The predicted molar refractivity (Wildman–Crippen MR) is 152 cm³/mol. The van der Waals surface area contributed by atoms with E-state index in [1.165, 1.54) is 18.2 Å². The second-order valence-electron chi connectivity index (χ2n) is 10.3. The van der Waals surface area contributed by atoms with Crippen molar-refractivity contribution in [3.05, 3.63) is 136 Å². The van der Waals surface area contributed by atoms with Gasteiger partial charge in [0.25, 0.3) is 0 Å². The van der Waals surface area contributed by atoms with Crippen molar-refractivity contribution in [2.24, 2.45) is 5.92 Å². The Morgan fingerprint density at radius 1 is 0.850 bits per heavy atom. The van der Waals surface area contributed by atoms with Crippen molar-refractivity contribution in [3.8, 4) is 0 Å². The van der Waals surface area contributed by atoms with Gasteiger partial charge in [-0.3, -0.25) is 14.4 Å². The van der Waals surface area contributed by atoms with Crippen LogP contribution in [0.3, 0.4) is 0 Å². The standard InChI is InChI=1S/C33H22ClFN2O3/c34-21-16-13-20(14-17-21)30(38)28-29(31(39)22-8-2-4-10-24(22)35)37-26-12-6-1-7-19(26)15-18-27(37)33(28)23-9-3-5-11-25(23)36-32(33)40/h1-18,27-29H,(H,36,40)/t27-,28-,29+,33+/m1/s1. The summed E-state index contributed by atoms with van der Waals surface area (Å²) in [6.45, 7) is 0. The number of nitrogens with zero attached hydrogens (tertiary/aromatic N) is 1. The molecule has 1 amide bonds. The van der Waals surface area contributed by atoms with Crippen LogP contribution in [0, 0.1) is 11.7 Å². The summed E-state index contributed by atoms with van der Waals surface area (Å²) >= 11 is 6.13. The van der Waals surface area contributed by atoms with E-state index in [0.29, 0.717) is 27.5 Å². The van der Waals surface area contributed by atoms with Crippen molar-refractivity contribution in [1.29, 1.82) is 0 Å². The fourth-order valence-electron chi connectivity index (χ4n) is 6.73. The number of amides is 1. The fraction of sp³-hybridized carbons (Fsp3) is 0.121. The molecule has 0 bridgehead atoms. The monoisotopic (exact) mass is 548 g/mol. The van der Waals surface area contributed by atoms with Gasteiger partial charge in [-0.2, -0.15) is 0 Å². The lowest BCUT2D eigenvalue weighted by atomic mass is 9.64. The largest absolute Gasteiger partial charge is 0.352 e. The highest BCUT2D eigenvalue weighted by Crippen LogP contribution is 2.58. The zero-order valence-corrected chi connectivity index (χ0v) is 21.8. The van der Waals surface area contributed by atoms with Crippen LogP contribution in [0.15, 0.2) is 103 Å². The van der Waals surface area contributed by atoms with Gasteiger partial charge in [0, 0.05) is 22.0 Å². The maximum Gasteiger partial charge on any atom is 0.238 e. The Labute approximate surface area is 234 Å². The van der Waals surface area contributed by atoms with E-state index in [4.69, 9.17) is 11.6 Å². The van der Waals surface area contributed by atoms with Gasteiger partial charge in [0.2, 0.25) is 5.91 Å². The maximum absolute atomic E-state index is 15.2. The predicted octanol–water partition coefficient (Wildman–Crippen LogP) is 6.34. The highest BCUT2D eigenvalue weighted by molar-refractivity contribution is 6.30. The van der Waals surface area contributed by atoms with Gasteiger partial charge in [0.15, 0.2) is 11.6 Å². The summed E-state index contributed by atoms with van der Waals surface area (Å²) < 4.78 is 15.2. The number of nitrogens with one attached hydrogen (secondary N) is 1. The number of anilines is 2. The SMILES string of the molecule is O=C(c1ccccc1F)[C@@H]1[C@H](C(=O)c2ccc(Cl)cc2)[C@@]2(C(=O)Nc3ccccc32)[C@H]2C=Cc3ccccc3N12. The van der Waals surface area contributed by atoms with Crippen molar-refractivity contribution in [1.82, 2.24) is 0 Å². The Hall–Kier alpha value is -4.55. The molecule has 1 saturated heterocycles. The summed E-state index contributed by atoms with van der Waals surface area (Å²) in [4.78, 5) is 45.2. The molecule has 0 unspecified atom stereocenters. The van der Waals surface area contributed by atoms with Crippen molar-refractivity contribution in [2.45, 2.75) is 17.5 Å². The quantitative estimate of drug-likeness (QED) is 0.302. The van der Waals surface area contributed by atoms with Crippen molar-refractivity contribution in [3.63, 3.8) is 0 Å². The van der Waals surface area contributed by atoms with Crippen LogP contribution >= 0.6 is 11.6 Å². The molecule has 1 spiro atoms. The van der Waals surface area contributed by atoms with Crippen molar-refractivity contribution >= 4 is 46.5 Å². The highest BCUT2D eigenvalue weighted by atomic mass is 35.5. The molecule has 7 rings (SSSR count). The number of ketones is 2. The van der Waals surface area contributed by atoms with E-state index in [0.717, 1.165) is 5.56 Å². The Morgan fingerprint density at radius 2 is 1.55 bits per heavy atom. The molecule has 1 fully saturated rings. The van der Waals surface area contributed by atoms with Crippen LogP contribution in [0.5, 0.6) is 0 Å². The summed E-state index contributed by atoms with van der Waals surface area (Å²) in [7, 11) is 0. The Kier molecular flexibility index (Phi) is 5.51. The zero-order valence-electron chi connectivity index (χ0n) is 21.1. The lowest BCUT2D eigenvalue weighted by Gasteiger charge is -2.37. The first-order valence-electron chi connectivity index (χ1n) is 13.0. The van der Waals surface area contributed by atoms with E-state index < -0.39 is 40.8 Å². The van der Waals surface area contributed by atoms with Crippen LogP contribution in [0.1, 0.15) is 31.8 Å². The average Bonchev–Trinajstić information content (AvgIpc) is 3.45. The third-order valence-electron chi connectivity index (χ3n) is 8.36. The molecule has 3 heterocycles. The summed E-state index contributed by atoms with van der Waals surface area (Å²) in [6, 6.07) is 25.1. The number of para-hydroxylation sites is 2. The Balaban J connectivity index is 1.55. The minimum absolute atomic E-state index is 0.129. The number of halogens is 2. The molecule has 3 aliphatic rings. The van der Waals surface area contributed by atoms with Gasteiger partial charge in [0.05, 0.1) is 17.5 Å². The van der Waals surface area contributed by atoms with Gasteiger partial charge in [-0.25, -0.2) is 4.39 Å². The Bertz CT molecular complexity index is 1750. The smallest absolute Gasteiger partial charge is 0.238 e. The fourth-order valence-corrected chi connectivity index (χ4v) is 6.86. The third-order valence-corrected chi connectivity index (χ3v) is 8.61. The molecule has 3 aliphatic heterocycles. The number of Topliss-reactive ketones (excluding diaryl/α,β-unsaturated/α-hetero) is 2. The van der Waals surface area contributed by atoms with Crippen LogP contribution in [0.2, 0.25) is 5.02 Å². The minimum Gasteiger partial charge on any atom is -0.352 e. The van der Waals surface area contributed by atoms with Crippen LogP contribution in [-0.4, -0.2) is 29.6 Å². The second kappa shape index (κ2) is 9.00. The zero-order chi connectivity index (χ0) is 27.6. The van der Waals surface area contributed by atoms with Gasteiger partial charge < -0.3 is 10.2 Å². The van der Waals surface area contributed by atoms with Crippen LogP contribution in [-0.2, 0) is 10.2 Å². The molecule has 4 aromatic carbocycles. The Morgan fingerprint density at radius 3 is 2.35 bits per heavy atom. The van der Waals surface area contributed by atoms with Crippen molar-refractivity contribution in [2.75, 3.05) is 10.2 Å². The molecular weight excluding hydrogens is 527 g/mol. The summed E-state index contributed by atoms with van der Waals surface area (Å²) in [5.74, 6) is -3.18. The molecule has 196 valence electrons. The average molecular weight is 549 g/mol. The van der Waals surface area contributed by atoms with Crippen LogP contribution in [0.4, 0.5) is 15.8 Å². The van der Waals surface area contributed by atoms with E-state index in [1.807, 2.05) is 59.5 Å². The first-order valence-corrected chi connectivity index (χ1v) is 13.4. The number of carbonyl (C=O) groups is 3. The number of rotatable bonds is 4. The minimum atomic E-state index is -1.46. The molecule has 4 aromatic rings. The number of benzene rings is 4. The second-order valence-corrected chi connectivity index (χ2v) is 10.7. The maximum atomic E-state index is 15.2. The van der Waals surface area contributed by atoms with Gasteiger partial charge >= 0.3 is 0 Å². The number of hydrogen-bond donors (Lipinski definition) is 1. The summed E-state index contributed by atoms with van der Waals surface area (Å²) in [6.07, 6.45) is 3.81. The first-order chi connectivity index (χ1) is 19.4. The molecular formula is C33H22ClFN2O3. The molecule has 0 aromatic heterocycles. The normalized spacial score (nSPS) is 23.9. The number of fused-ring (bicyclic) bond motifs is 6. The van der Waals surface area contributed by atoms with E-state index in [9.17, 15) is 14.4 Å².